The summed E-state index contributed by atoms with van der Waals surface area (Å²) in [5.41, 5.74) is 2.17. The summed E-state index contributed by atoms with van der Waals surface area (Å²) in [6.07, 6.45) is 4.09. The lowest BCUT2D eigenvalue weighted by molar-refractivity contribution is -0.143. The smallest absolute Gasteiger partial charge is 0.307 e. The van der Waals surface area contributed by atoms with Gasteiger partial charge in [-0.05, 0) is 43.3 Å². The quantitative estimate of drug-likeness (QED) is 0.853. The molecule has 0 bridgehead atoms. The molecule has 2 atom stereocenters. The third-order valence-electron chi connectivity index (χ3n) is 4.76. The molecule has 2 N–H and O–H groups in total. The fourth-order valence-corrected chi connectivity index (χ4v) is 3.53. The Bertz CT molecular complexity index is 724. The third kappa shape index (κ3) is 3.73. The van der Waals surface area contributed by atoms with Crippen molar-refractivity contribution in [2.45, 2.75) is 33.1 Å². The lowest BCUT2D eigenvalue weighted by Crippen LogP contribution is -2.28. The van der Waals surface area contributed by atoms with E-state index in [1.165, 1.54) is 5.56 Å². The number of rotatable bonds is 6. The lowest BCUT2D eigenvalue weighted by atomic mass is 9.88. The zero-order valence-electron chi connectivity index (χ0n) is 14.3. The van der Waals surface area contributed by atoms with Gasteiger partial charge < -0.3 is 10.4 Å². The van der Waals surface area contributed by atoms with E-state index in [4.69, 9.17) is 4.98 Å². The number of carbonyl (C=O) groups is 1. The van der Waals surface area contributed by atoms with E-state index in [0.717, 1.165) is 36.8 Å². The Morgan fingerprint density at radius 1 is 1.38 bits per heavy atom. The maximum atomic E-state index is 11.7. The van der Waals surface area contributed by atoms with Gasteiger partial charge in [-0.3, -0.25) is 4.79 Å². The second kappa shape index (κ2) is 7.26. The largest absolute Gasteiger partial charge is 0.481 e. The number of para-hydroxylation sites is 1. The number of nitrogens with zero attached hydrogens (tertiary/aromatic N) is 2. The van der Waals surface area contributed by atoms with E-state index in [0.29, 0.717) is 18.2 Å². The molecule has 3 rings (SSSR count). The first-order valence-electron chi connectivity index (χ1n) is 8.71. The van der Waals surface area contributed by atoms with Crippen molar-refractivity contribution in [3.8, 4) is 0 Å². The fourth-order valence-electron chi connectivity index (χ4n) is 3.53. The number of nitrogens with one attached hydrogen (secondary N) is 1. The molecule has 0 aliphatic carbocycles. The van der Waals surface area contributed by atoms with Crippen LogP contribution < -0.4 is 5.32 Å². The molecule has 1 aromatic carbocycles. The van der Waals surface area contributed by atoms with Crippen LogP contribution in [0.25, 0.3) is 10.9 Å². The first kappa shape index (κ1) is 16.8. The van der Waals surface area contributed by atoms with Crippen molar-refractivity contribution in [2.24, 2.45) is 17.8 Å². The molecule has 0 amide bonds. The Morgan fingerprint density at radius 3 is 2.88 bits per heavy atom. The second-order valence-corrected chi connectivity index (χ2v) is 7.14. The highest BCUT2D eigenvalue weighted by atomic mass is 16.4. The Morgan fingerprint density at radius 2 is 2.21 bits per heavy atom. The predicted molar refractivity (Wildman–Crippen MR) is 93.9 cm³/mol. The molecule has 5 heteroatoms. The van der Waals surface area contributed by atoms with Gasteiger partial charge >= 0.3 is 5.97 Å². The third-order valence-corrected chi connectivity index (χ3v) is 4.76. The number of carboxylic acid groups (broad SMARTS) is 1. The summed E-state index contributed by atoms with van der Waals surface area (Å²) in [4.78, 5) is 20.8. The number of carboxylic acids is 1. The minimum absolute atomic E-state index is 0.160. The van der Waals surface area contributed by atoms with Gasteiger partial charge in [0.2, 0.25) is 0 Å². The second-order valence-electron chi connectivity index (χ2n) is 7.14. The first-order valence-corrected chi connectivity index (χ1v) is 8.71. The molecule has 0 saturated carbocycles. The topological polar surface area (TPSA) is 75.1 Å². The molecular weight excluding hydrogens is 302 g/mol. The Balaban J connectivity index is 1.90. The number of hydrogen-bond acceptors (Lipinski definition) is 4. The summed E-state index contributed by atoms with van der Waals surface area (Å²) in [5.74, 6) is 0.175. The zero-order chi connectivity index (χ0) is 17.1. The van der Waals surface area contributed by atoms with Gasteiger partial charge in [0, 0.05) is 18.0 Å². The molecule has 128 valence electrons. The van der Waals surface area contributed by atoms with E-state index in [2.05, 4.69) is 30.2 Å². The molecule has 0 spiro atoms. The molecule has 5 nitrogen and oxygen atoms in total. The van der Waals surface area contributed by atoms with Crippen molar-refractivity contribution < 1.29 is 9.90 Å². The number of hydrogen-bond donors (Lipinski definition) is 2. The van der Waals surface area contributed by atoms with Crippen LogP contribution in [0.3, 0.4) is 0 Å². The number of benzene rings is 1. The Labute approximate surface area is 142 Å². The summed E-state index contributed by atoms with van der Waals surface area (Å²) >= 11 is 0. The van der Waals surface area contributed by atoms with Crippen molar-refractivity contribution in [1.82, 2.24) is 15.3 Å². The predicted octanol–water partition coefficient (Wildman–Crippen LogP) is 2.68. The van der Waals surface area contributed by atoms with Crippen LogP contribution in [-0.4, -0.2) is 34.1 Å². The zero-order valence-corrected chi connectivity index (χ0v) is 14.3. The first-order chi connectivity index (χ1) is 11.5. The van der Waals surface area contributed by atoms with Crippen molar-refractivity contribution >= 4 is 16.9 Å². The Kier molecular flexibility index (Phi) is 5.09. The van der Waals surface area contributed by atoms with Crippen LogP contribution in [0.5, 0.6) is 0 Å². The molecule has 24 heavy (non-hydrogen) atoms. The highest BCUT2D eigenvalue weighted by Crippen LogP contribution is 2.24. The molecule has 1 aromatic heterocycles. The molecule has 1 saturated heterocycles. The van der Waals surface area contributed by atoms with E-state index in [1.807, 2.05) is 18.3 Å². The van der Waals surface area contributed by atoms with Gasteiger partial charge in [0.05, 0.1) is 11.4 Å². The maximum absolute atomic E-state index is 11.7. The van der Waals surface area contributed by atoms with E-state index < -0.39 is 11.9 Å². The molecule has 1 fully saturated rings. The summed E-state index contributed by atoms with van der Waals surface area (Å²) in [7, 11) is 0. The van der Waals surface area contributed by atoms with E-state index in [9.17, 15) is 9.90 Å². The highest BCUT2D eigenvalue weighted by molar-refractivity contribution is 5.81. The van der Waals surface area contributed by atoms with Crippen LogP contribution in [0.15, 0.2) is 24.4 Å². The maximum Gasteiger partial charge on any atom is 0.307 e. The normalized spacial score (nSPS) is 19.0. The van der Waals surface area contributed by atoms with Crippen LogP contribution >= 0.6 is 0 Å². The van der Waals surface area contributed by atoms with Gasteiger partial charge in [0.15, 0.2) is 0 Å². The minimum Gasteiger partial charge on any atom is -0.481 e. The van der Waals surface area contributed by atoms with Crippen LogP contribution in [0.2, 0.25) is 0 Å². The van der Waals surface area contributed by atoms with Crippen LogP contribution in [0, 0.1) is 17.8 Å². The number of aromatic nitrogens is 2. The van der Waals surface area contributed by atoms with Gasteiger partial charge in [-0.25, -0.2) is 9.97 Å². The minimum atomic E-state index is -0.747. The average molecular weight is 327 g/mol. The van der Waals surface area contributed by atoms with Gasteiger partial charge in [0.25, 0.3) is 0 Å². The average Bonchev–Trinajstić information content (AvgIpc) is 3.06. The molecular formula is C19H25N3O2. The van der Waals surface area contributed by atoms with Crippen LogP contribution in [0.1, 0.15) is 31.7 Å². The van der Waals surface area contributed by atoms with E-state index >= 15 is 0 Å². The van der Waals surface area contributed by atoms with E-state index in [-0.39, 0.29) is 5.92 Å². The summed E-state index contributed by atoms with van der Waals surface area (Å²) in [6.45, 7) is 6.04. The Hall–Kier alpha value is -2.01. The van der Waals surface area contributed by atoms with Crippen LogP contribution in [0.4, 0.5) is 0 Å². The standard InChI is InChI=1S/C19H25N3O2/c1-12(2)8-13-4-3-5-15-11-21-17(22-18(13)15)9-16(19(23)24)14-6-7-20-10-14/h3-5,11-12,14,16,20H,6-10H2,1-2H3,(H,23,24)/t14-,16-/m0/s1. The van der Waals surface area contributed by atoms with E-state index in [1.54, 1.807) is 0 Å². The van der Waals surface area contributed by atoms with Crippen molar-refractivity contribution in [2.75, 3.05) is 13.1 Å². The SMILES string of the molecule is CC(C)Cc1cccc2cnc(C[C@H](C(=O)O)[C@H]3CCNC3)nc12. The molecule has 2 heterocycles. The summed E-state index contributed by atoms with van der Waals surface area (Å²) < 4.78 is 0. The molecule has 1 aliphatic heterocycles. The fraction of sp³-hybridized carbons (Fsp3) is 0.526. The number of fused-ring (bicyclic) bond motifs is 1. The lowest BCUT2D eigenvalue weighted by Gasteiger charge is -2.18. The molecule has 0 unspecified atom stereocenters. The highest BCUT2D eigenvalue weighted by Gasteiger charge is 2.31. The van der Waals surface area contributed by atoms with Gasteiger partial charge in [0.1, 0.15) is 5.82 Å². The van der Waals surface area contributed by atoms with Crippen molar-refractivity contribution in [1.29, 1.82) is 0 Å². The van der Waals surface area contributed by atoms with Crippen molar-refractivity contribution in [3.63, 3.8) is 0 Å². The van der Waals surface area contributed by atoms with Crippen LogP contribution in [-0.2, 0) is 17.6 Å². The van der Waals surface area contributed by atoms with Gasteiger partial charge in [-0.1, -0.05) is 32.0 Å². The van der Waals surface area contributed by atoms with Gasteiger partial charge in [-0.2, -0.15) is 0 Å². The van der Waals surface area contributed by atoms with Crippen molar-refractivity contribution in [3.05, 3.63) is 35.8 Å². The molecule has 1 aliphatic rings. The summed E-state index contributed by atoms with van der Waals surface area (Å²) in [5, 5.41) is 13.9. The number of aliphatic carboxylic acids is 1. The van der Waals surface area contributed by atoms with Gasteiger partial charge in [-0.15, -0.1) is 0 Å². The summed E-state index contributed by atoms with van der Waals surface area (Å²) in [6, 6.07) is 6.15. The molecule has 2 aromatic rings. The monoisotopic (exact) mass is 327 g/mol. The molecule has 0 radical (unpaired) electrons.